The first-order chi connectivity index (χ1) is 10.4. The third-order valence-electron chi connectivity index (χ3n) is 5.46. The standard InChI is InChI=1S/C19H29NO2/c1-6-7-8-19(3,4)18-15-11-17-16(21-12-22-17)10-14(15)9-13(2)20(18)5/h10-11,13,18H,6-9,12H2,1-5H3. The van der Waals surface area contributed by atoms with Crippen LogP contribution in [0.15, 0.2) is 12.1 Å². The smallest absolute Gasteiger partial charge is 0.231 e. The molecule has 3 rings (SSSR count). The van der Waals surface area contributed by atoms with Crippen molar-refractivity contribution in [3.63, 3.8) is 0 Å². The van der Waals surface area contributed by atoms with Crippen molar-refractivity contribution in [1.29, 1.82) is 0 Å². The molecule has 0 spiro atoms. The molecule has 3 heteroatoms. The number of ether oxygens (including phenoxy) is 2. The Balaban J connectivity index is 2.02. The number of fused-ring (bicyclic) bond motifs is 2. The summed E-state index contributed by atoms with van der Waals surface area (Å²) in [6.45, 7) is 9.78. The van der Waals surface area contributed by atoms with E-state index < -0.39 is 0 Å². The lowest BCUT2D eigenvalue weighted by molar-refractivity contribution is 0.0590. The Bertz CT molecular complexity index is 553. The van der Waals surface area contributed by atoms with Gasteiger partial charge in [-0.05, 0) is 55.5 Å². The summed E-state index contributed by atoms with van der Waals surface area (Å²) in [4.78, 5) is 2.56. The molecular weight excluding hydrogens is 274 g/mol. The highest BCUT2D eigenvalue weighted by Crippen LogP contribution is 2.49. The van der Waals surface area contributed by atoms with Gasteiger partial charge in [0.1, 0.15) is 0 Å². The van der Waals surface area contributed by atoms with E-state index in [-0.39, 0.29) is 5.41 Å². The van der Waals surface area contributed by atoms with Gasteiger partial charge in [-0.1, -0.05) is 33.6 Å². The highest BCUT2D eigenvalue weighted by molar-refractivity contribution is 5.51. The molecule has 0 fully saturated rings. The summed E-state index contributed by atoms with van der Waals surface area (Å²) in [7, 11) is 2.27. The van der Waals surface area contributed by atoms with Gasteiger partial charge in [0.2, 0.25) is 6.79 Å². The lowest BCUT2D eigenvalue weighted by Crippen LogP contribution is -2.45. The quantitative estimate of drug-likeness (QED) is 0.814. The topological polar surface area (TPSA) is 21.7 Å². The van der Waals surface area contributed by atoms with E-state index in [4.69, 9.17) is 9.47 Å². The molecule has 1 aromatic carbocycles. The van der Waals surface area contributed by atoms with Crippen LogP contribution in [-0.4, -0.2) is 24.8 Å². The van der Waals surface area contributed by atoms with Gasteiger partial charge in [-0.25, -0.2) is 0 Å². The molecule has 0 saturated carbocycles. The van der Waals surface area contributed by atoms with E-state index in [9.17, 15) is 0 Å². The van der Waals surface area contributed by atoms with Gasteiger partial charge in [-0.2, -0.15) is 0 Å². The van der Waals surface area contributed by atoms with Crippen LogP contribution in [0.2, 0.25) is 0 Å². The van der Waals surface area contributed by atoms with Crippen molar-refractivity contribution in [2.45, 2.75) is 65.5 Å². The molecule has 2 aliphatic rings. The van der Waals surface area contributed by atoms with Crippen molar-refractivity contribution < 1.29 is 9.47 Å². The third-order valence-corrected chi connectivity index (χ3v) is 5.46. The Kier molecular flexibility index (Phi) is 4.11. The Morgan fingerprint density at radius 2 is 1.91 bits per heavy atom. The zero-order valence-corrected chi connectivity index (χ0v) is 14.6. The van der Waals surface area contributed by atoms with E-state index >= 15 is 0 Å². The van der Waals surface area contributed by atoms with Crippen LogP contribution in [0, 0.1) is 5.41 Å². The van der Waals surface area contributed by atoms with Crippen molar-refractivity contribution in [3.8, 4) is 11.5 Å². The monoisotopic (exact) mass is 303 g/mol. The Hall–Kier alpha value is -1.22. The summed E-state index contributed by atoms with van der Waals surface area (Å²) >= 11 is 0. The van der Waals surface area contributed by atoms with E-state index in [1.807, 2.05) is 0 Å². The van der Waals surface area contributed by atoms with Crippen molar-refractivity contribution in [3.05, 3.63) is 23.3 Å². The lowest BCUT2D eigenvalue weighted by atomic mass is 9.72. The first-order valence-electron chi connectivity index (χ1n) is 8.58. The first kappa shape index (κ1) is 15.7. The zero-order valence-electron chi connectivity index (χ0n) is 14.6. The number of benzene rings is 1. The maximum Gasteiger partial charge on any atom is 0.231 e. The molecule has 2 unspecified atom stereocenters. The van der Waals surface area contributed by atoms with Crippen LogP contribution in [0.25, 0.3) is 0 Å². The van der Waals surface area contributed by atoms with Gasteiger partial charge in [0.05, 0.1) is 0 Å². The van der Waals surface area contributed by atoms with Gasteiger partial charge < -0.3 is 9.47 Å². The molecular formula is C19H29NO2. The summed E-state index contributed by atoms with van der Waals surface area (Å²) in [6.07, 6.45) is 4.87. The molecule has 2 heterocycles. The molecule has 122 valence electrons. The van der Waals surface area contributed by atoms with Crippen molar-refractivity contribution in [1.82, 2.24) is 4.90 Å². The van der Waals surface area contributed by atoms with Gasteiger partial charge in [0, 0.05) is 12.1 Å². The molecule has 0 amide bonds. The van der Waals surface area contributed by atoms with Crippen LogP contribution >= 0.6 is 0 Å². The molecule has 3 nitrogen and oxygen atoms in total. The van der Waals surface area contributed by atoms with Crippen LogP contribution in [0.5, 0.6) is 11.5 Å². The van der Waals surface area contributed by atoms with E-state index in [0.29, 0.717) is 18.9 Å². The van der Waals surface area contributed by atoms with E-state index in [2.05, 4.69) is 51.8 Å². The SMILES string of the molecule is CCCCC(C)(C)C1c2cc3c(cc2CC(C)N1C)OCO3. The van der Waals surface area contributed by atoms with Gasteiger partial charge >= 0.3 is 0 Å². The van der Waals surface area contributed by atoms with Gasteiger partial charge in [0.25, 0.3) is 0 Å². The molecule has 2 atom stereocenters. The van der Waals surface area contributed by atoms with Gasteiger partial charge in [-0.15, -0.1) is 0 Å². The fourth-order valence-electron chi connectivity index (χ4n) is 4.11. The van der Waals surface area contributed by atoms with Crippen LogP contribution in [0.3, 0.4) is 0 Å². The molecule has 0 N–H and O–H groups in total. The fraction of sp³-hybridized carbons (Fsp3) is 0.684. The van der Waals surface area contributed by atoms with Gasteiger partial charge in [0.15, 0.2) is 11.5 Å². The summed E-state index contributed by atoms with van der Waals surface area (Å²) < 4.78 is 11.2. The summed E-state index contributed by atoms with van der Waals surface area (Å²) in [5.41, 5.74) is 3.12. The minimum Gasteiger partial charge on any atom is -0.454 e. The molecule has 2 aliphatic heterocycles. The molecule has 0 aliphatic carbocycles. The van der Waals surface area contributed by atoms with Crippen LogP contribution < -0.4 is 9.47 Å². The zero-order chi connectivity index (χ0) is 15.9. The number of hydrogen-bond acceptors (Lipinski definition) is 3. The second kappa shape index (κ2) is 5.77. The molecule has 0 aromatic heterocycles. The van der Waals surface area contributed by atoms with Crippen LogP contribution in [0.4, 0.5) is 0 Å². The predicted molar refractivity (Wildman–Crippen MR) is 89.5 cm³/mol. The number of unbranched alkanes of at least 4 members (excludes halogenated alkanes) is 1. The third kappa shape index (κ3) is 2.60. The fourth-order valence-corrected chi connectivity index (χ4v) is 4.11. The largest absolute Gasteiger partial charge is 0.454 e. The van der Waals surface area contributed by atoms with E-state index in [1.54, 1.807) is 0 Å². The van der Waals surface area contributed by atoms with Gasteiger partial charge in [-0.3, -0.25) is 4.90 Å². The highest BCUT2D eigenvalue weighted by Gasteiger charge is 2.40. The molecule has 0 radical (unpaired) electrons. The van der Waals surface area contributed by atoms with Crippen molar-refractivity contribution in [2.24, 2.45) is 5.41 Å². The Labute approximate surface area is 134 Å². The van der Waals surface area contributed by atoms with E-state index in [1.165, 1.54) is 30.4 Å². The van der Waals surface area contributed by atoms with Crippen molar-refractivity contribution >= 4 is 0 Å². The summed E-state index contributed by atoms with van der Waals surface area (Å²) in [5, 5.41) is 0. The molecule has 22 heavy (non-hydrogen) atoms. The lowest BCUT2D eigenvalue weighted by Gasteiger charge is -2.47. The van der Waals surface area contributed by atoms with Crippen LogP contribution in [-0.2, 0) is 6.42 Å². The minimum atomic E-state index is 0.252. The highest BCUT2D eigenvalue weighted by atomic mass is 16.7. The average Bonchev–Trinajstić information content (AvgIpc) is 2.91. The summed E-state index contributed by atoms with van der Waals surface area (Å²) in [6, 6.07) is 5.44. The predicted octanol–water partition coefficient (Wildman–Crippen LogP) is 4.55. The molecule has 0 bridgehead atoms. The number of nitrogens with zero attached hydrogens (tertiary/aromatic N) is 1. The normalized spacial score (nSPS) is 24.4. The Morgan fingerprint density at radius 3 is 2.59 bits per heavy atom. The second-order valence-corrected chi connectivity index (χ2v) is 7.62. The summed E-state index contributed by atoms with van der Waals surface area (Å²) in [5.74, 6) is 1.83. The van der Waals surface area contributed by atoms with E-state index in [0.717, 1.165) is 17.9 Å². The molecule has 0 saturated heterocycles. The van der Waals surface area contributed by atoms with Crippen LogP contribution in [0.1, 0.15) is 64.1 Å². The maximum absolute atomic E-state index is 5.63. The Morgan fingerprint density at radius 1 is 1.23 bits per heavy atom. The number of hydrogen-bond donors (Lipinski definition) is 0. The first-order valence-corrected chi connectivity index (χ1v) is 8.58. The maximum atomic E-state index is 5.63. The minimum absolute atomic E-state index is 0.252. The number of rotatable bonds is 4. The average molecular weight is 303 g/mol. The number of likely N-dealkylation sites (N-methyl/N-ethyl adjacent to an activating group) is 1. The van der Waals surface area contributed by atoms with Crippen molar-refractivity contribution in [2.75, 3.05) is 13.8 Å². The molecule has 1 aromatic rings. The second-order valence-electron chi connectivity index (χ2n) is 7.62.